The van der Waals surface area contributed by atoms with E-state index in [1.807, 2.05) is 0 Å². The molecule has 1 amide bonds. The molecule has 0 saturated carbocycles. The standard InChI is InChI=1S/C18H22FN3O3S.ClH/c1-12-7-8-15(10-16(12)19)26(24,25)22-14-6-4-5-13(9-14)17(23)21-11-18(2,3)20;/h4-10,22H,11,20H2,1-3H3,(H,21,23);1H. The Morgan fingerprint density at radius 1 is 1.19 bits per heavy atom. The second-order valence-corrected chi connectivity index (χ2v) is 8.45. The quantitative estimate of drug-likeness (QED) is 0.675. The van der Waals surface area contributed by atoms with Crippen LogP contribution in [0.15, 0.2) is 47.4 Å². The van der Waals surface area contributed by atoms with E-state index < -0.39 is 21.4 Å². The number of amides is 1. The van der Waals surface area contributed by atoms with Gasteiger partial charge >= 0.3 is 0 Å². The zero-order chi connectivity index (χ0) is 19.5. The third-order valence-corrected chi connectivity index (χ3v) is 4.91. The number of hydrogen-bond acceptors (Lipinski definition) is 4. The lowest BCUT2D eigenvalue weighted by molar-refractivity contribution is 0.0946. The first-order valence-corrected chi connectivity index (χ1v) is 9.42. The van der Waals surface area contributed by atoms with Crippen LogP contribution in [0, 0.1) is 12.7 Å². The summed E-state index contributed by atoms with van der Waals surface area (Å²) in [5, 5.41) is 2.68. The van der Waals surface area contributed by atoms with Gasteiger partial charge in [0.2, 0.25) is 0 Å². The summed E-state index contributed by atoms with van der Waals surface area (Å²) in [5.74, 6) is -0.976. The Bertz CT molecular complexity index is 928. The fourth-order valence-electron chi connectivity index (χ4n) is 2.09. The zero-order valence-corrected chi connectivity index (χ0v) is 16.9. The lowest BCUT2D eigenvalue weighted by atomic mass is 10.1. The average Bonchev–Trinajstić information content (AvgIpc) is 2.54. The molecule has 0 atom stereocenters. The van der Waals surface area contributed by atoms with Crippen molar-refractivity contribution in [3.8, 4) is 0 Å². The zero-order valence-electron chi connectivity index (χ0n) is 15.2. The summed E-state index contributed by atoms with van der Waals surface area (Å²) in [4.78, 5) is 12.0. The molecular weight excluding hydrogens is 393 g/mol. The number of carbonyl (C=O) groups excluding carboxylic acids is 1. The molecular formula is C18H23ClFN3O3S. The third-order valence-electron chi connectivity index (χ3n) is 3.54. The van der Waals surface area contributed by atoms with Gasteiger partial charge in [-0.1, -0.05) is 12.1 Å². The molecule has 0 heterocycles. The molecule has 0 saturated heterocycles. The van der Waals surface area contributed by atoms with Crippen LogP contribution in [0.1, 0.15) is 29.8 Å². The largest absolute Gasteiger partial charge is 0.350 e. The smallest absolute Gasteiger partial charge is 0.261 e. The number of aryl methyl sites for hydroxylation is 1. The summed E-state index contributed by atoms with van der Waals surface area (Å²) in [6, 6.07) is 9.69. The minimum absolute atomic E-state index is 0. The van der Waals surface area contributed by atoms with Crippen molar-refractivity contribution in [3.05, 3.63) is 59.4 Å². The highest BCUT2D eigenvalue weighted by Crippen LogP contribution is 2.19. The van der Waals surface area contributed by atoms with E-state index in [1.165, 1.54) is 24.3 Å². The van der Waals surface area contributed by atoms with Gasteiger partial charge in [-0.05, 0) is 56.7 Å². The molecule has 0 spiro atoms. The molecule has 6 nitrogen and oxygen atoms in total. The van der Waals surface area contributed by atoms with E-state index >= 15 is 0 Å². The van der Waals surface area contributed by atoms with Crippen molar-refractivity contribution in [2.75, 3.05) is 11.3 Å². The van der Waals surface area contributed by atoms with Gasteiger partial charge in [0.05, 0.1) is 4.90 Å². The molecule has 27 heavy (non-hydrogen) atoms. The Morgan fingerprint density at radius 2 is 1.85 bits per heavy atom. The van der Waals surface area contributed by atoms with Crippen LogP contribution >= 0.6 is 12.4 Å². The number of nitrogens with one attached hydrogen (secondary N) is 2. The topological polar surface area (TPSA) is 101 Å². The minimum atomic E-state index is -3.97. The summed E-state index contributed by atoms with van der Waals surface area (Å²) in [6.07, 6.45) is 0. The normalized spacial score (nSPS) is 11.4. The highest BCUT2D eigenvalue weighted by atomic mass is 35.5. The van der Waals surface area contributed by atoms with Crippen LogP contribution in [0.4, 0.5) is 10.1 Å². The van der Waals surface area contributed by atoms with Gasteiger partial charge in [-0.3, -0.25) is 9.52 Å². The van der Waals surface area contributed by atoms with E-state index in [0.29, 0.717) is 5.56 Å². The van der Waals surface area contributed by atoms with E-state index in [2.05, 4.69) is 10.0 Å². The van der Waals surface area contributed by atoms with Crippen molar-refractivity contribution in [2.24, 2.45) is 5.73 Å². The van der Waals surface area contributed by atoms with Crippen molar-refractivity contribution in [1.29, 1.82) is 0 Å². The molecule has 0 bridgehead atoms. The van der Waals surface area contributed by atoms with Crippen LogP contribution in [-0.4, -0.2) is 26.4 Å². The van der Waals surface area contributed by atoms with Gasteiger partial charge in [-0.2, -0.15) is 0 Å². The third kappa shape index (κ3) is 6.50. The molecule has 0 aliphatic carbocycles. The maximum atomic E-state index is 13.6. The predicted octanol–water partition coefficient (Wildman–Crippen LogP) is 2.82. The van der Waals surface area contributed by atoms with Crippen LogP contribution in [0.3, 0.4) is 0 Å². The maximum Gasteiger partial charge on any atom is 0.261 e. The molecule has 0 aromatic heterocycles. The van der Waals surface area contributed by atoms with Crippen LogP contribution in [0.2, 0.25) is 0 Å². The number of anilines is 1. The summed E-state index contributed by atoms with van der Waals surface area (Å²) in [6.45, 7) is 5.37. The van der Waals surface area contributed by atoms with Crippen molar-refractivity contribution in [1.82, 2.24) is 5.32 Å². The van der Waals surface area contributed by atoms with Gasteiger partial charge in [0, 0.05) is 23.3 Å². The molecule has 2 rings (SSSR count). The Hall–Kier alpha value is -2.16. The molecule has 2 aromatic carbocycles. The van der Waals surface area contributed by atoms with Crippen LogP contribution in [0.5, 0.6) is 0 Å². The van der Waals surface area contributed by atoms with Gasteiger partial charge in [-0.25, -0.2) is 12.8 Å². The number of halogens is 2. The molecule has 148 valence electrons. The molecule has 0 radical (unpaired) electrons. The van der Waals surface area contributed by atoms with Crippen LogP contribution < -0.4 is 15.8 Å². The fourth-order valence-corrected chi connectivity index (χ4v) is 3.15. The van der Waals surface area contributed by atoms with Crippen LogP contribution in [-0.2, 0) is 10.0 Å². The van der Waals surface area contributed by atoms with E-state index in [4.69, 9.17) is 5.73 Å². The summed E-state index contributed by atoms with van der Waals surface area (Å²) in [7, 11) is -3.97. The van der Waals surface area contributed by atoms with Crippen molar-refractivity contribution in [3.63, 3.8) is 0 Å². The summed E-state index contributed by atoms with van der Waals surface area (Å²) in [5.41, 5.74) is 6.09. The SMILES string of the molecule is Cc1ccc(S(=O)(=O)Nc2cccc(C(=O)NCC(C)(C)N)c2)cc1F.Cl. The van der Waals surface area contributed by atoms with Gasteiger partial charge in [0.1, 0.15) is 5.82 Å². The maximum absolute atomic E-state index is 13.6. The van der Waals surface area contributed by atoms with Crippen molar-refractivity contribution in [2.45, 2.75) is 31.2 Å². The molecule has 9 heteroatoms. The minimum Gasteiger partial charge on any atom is -0.350 e. The number of hydrogen-bond donors (Lipinski definition) is 3. The van der Waals surface area contributed by atoms with E-state index in [-0.39, 0.29) is 41.0 Å². The predicted molar refractivity (Wildman–Crippen MR) is 106 cm³/mol. The molecule has 0 aliphatic heterocycles. The Kier molecular flexibility index (Phi) is 7.36. The Balaban J connectivity index is 0.00000364. The molecule has 2 aromatic rings. The first kappa shape index (κ1) is 22.9. The van der Waals surface area contributed by atoms with Gasteiger partial charge in [0.15, 0.2) is 0 Å². The van der Waals surface area contributed by atoms with E-state index in [9.17, 15) is 17.6 Å². The molecule has 0 unspecified atom stereocenters. The molecule has 0 aliphatic rings. The number of nitrogens with two attached hydrogens (primary N) is 1. The lowest BCUT2D eigenvalue weighted by Gasteiger charge is -2.19. The number of sulfonamides is 1. The number of carbonyl (C=O) groups is 1. The summed E-state index contributed by atoms with van der Waals surface area (Å²) < 4.78 is 40.8. The summed E-state index contributed by atoms with van der Waals surface area (Å²) >= 11 is 0. The second kappa shape index (κ2) is 8.69. The Morgan fingerprint density at radius 3 is 2.44 bits per heavy atom. The molecule has 4 N–H and O–H groups in total. The average molecular weight is 416 g/mol. The monoisotopic (exact) mass is 415 g/mol. The van der Waals surface area contributed by atoms with Crippen molar-refractivity contribution < 1.29 is 17.6 Å². The van der Waals surface area contributed by atoms with Crippen molar-refractivity contribution >= 4 is 34.0 Å². The second-order valence-electron chi connectivity index (χ2n) is 6.77. The first-order chi connectivity index (χ1) is 12.0. The Labute approximate surface area is 164 Å². The van der Waals surface area contributed by atoms with Gasteiger partial charge < -0.3 is 11.1 Å². The lowest BCUT2D eigenvalue weighted by Crippen LogP contribution is -2.45. The fraction of sp³-hybridized carbons (Fsp3) is 0.278. The molecule has 0 fully saturated rings. The van der Waals surface area contributed by atoms with Gasteiger partial charge in [0.25, 0.3) is 15.9 Å². The highest BCUT2D eigenvalue weighted by Gasteiger charge is 2.17. The van der Waals surface area contributed by atoms with E-state index in [1.54, 1.807) is 32.9 Å². The van der Waals surface area contributed by atoms with E-state index in [0.717, 1.165) is 6.07 Å². The number of rotatable bonds is 6. The highest BCUT2D eigenvalue weighted by molar-refractivity contribution is 7.92. The number of benzene rings is 2. The van der Waals surface area contributed by atoms with Crippen LogP contribution in [0.25, 0.3) is 0 Å². The first-order valence-electron chi connectivity index (χ1n) is 7.94. The van der Waals surface area contributed by atoms with Gasteiger partial charge in [-0.15, -0.1) is 12.4 Å².